The Morgan fingerprint density at radius 1 is 1.31 bits per heavy atom. The van der Waals surface area contributed by atoms with E-state index in [1.807, 2.05) is 32.1 Å². The highest BCUT2D eigenvalue weighted by molar-refractivity contribution is 7.15. The van der Waals surface area contributed by atoms with Crippen LogP contribution < -0.4 is 4.90 Å². The maximum absolute atomic E-state index is 11.9. The van der Waals surface area contributed by atoms with Gasteiger partial charge in [0.05, 0.1) is 6.61 Å². The predicted octanol–water partition coefficient (Wildman–Crippen LogP) is 1.95. The Hall–Kier alpha value is -1.38. The Morgan fingerprint density at radius 3 is 2.73 bits per heavy atom. The average Bonchev–Trinajstić information content (AvgIpc) is 3.11. The second-order valence-electron chi connectivity index (χ2n) is 7.26. The molecule has 2 aliphatic heterocycles. The molecule has 3 rings (SSSR count). The van der Waals surface area contributed by atoms with Crippen molar-refractivity contribution >= 4 is 22.6 Å². The smallest absolute Gasteiger partial charge is 0.409 e. The molecule has 0 radical (unpaired) electrons. The van der Waals surface area contributed by atoms with E-state index >= 15 is 0 Å². The van der Waals surface area contributed by atoms with Gasteiger partial charge < -0.3 is 14.5 Å². The number of piperidine rings is 1. The number of hydrogen-bond donors (Lipinski definition) is 0. The third-order valence-corrected chi connectivity index (χ3v) is 6.29. The molecule has 0 bridgehead atoms. The lowest BCUT2D eigenvalue weighted by Crippen LogP contribution is -2.55. The van der Waals surface area contributed by atoms with E-state index < -0.39 is 0 Å². The van der Waals surface area contributed by atoms with E-state index in [0.717, 1.165) is 50.9 Å². The summed E-state index contributed by atoms with van der Waals surface area (Å²) in [6, 6.07) is 0.592. The molecule has 1 aromatic heterocycles. The van der Waals surface area contributed by atoms with E-state index in [1.165, 1.54) is 17.7 Å². The van der Waals surface area contributed by atoms with Crippen molar-refractivity contribution in [2.24, 2.45) is 0 Å². The first-order valence-electron chi connectivity index (χ1n) is 9.57. The molecule has 0 saturated carbocycles. The lowest BCUT2D eigenvalue weighted by atomic mass is 10.0. The number of hydrogen-bond acceptors (Lipinski definition) is 7. The van der Waals surface area contributed by atoms with Crippen LogP contribution in [-0.4, -0.2) is 91.8 Å². The van der Waals surface area contributed by atoms with Gasteiger partial charge >= 0.3 is 6.09 Å². The number of amides is 1. The number of thiazole rings is 1. The van der Waals surface area contributed by atoms with Crippen LogP contribution in [0.15, 0.2) is 6.20 Å². The average molecular weight is 382 g/mol. The molecule has 1 atom stereocenters. The van der Waals surface area contributed by atoms with Crippen LogP contribution in [-0.2, 0) is 11.3 Å². The summed E-state index contributed by atoms with van der Waals surface area (Å²) in [7, 11) is 4.07. The van der Waals surface area contributed by atoms with Crippen molar-refractivity contribution in [2.75, 3.05) is 64.9 Å². The van der Waals surface area contributed by atoms with Gasteiger partial charge in [-0.2, -0.15) is 0 Å². The van der Waals surface area contributed by atoms with Crippen molar-refractivity contribution in [3.05, 3.63) is 11.1 Å². The standard InChI is InChI=1S/C18H31N5O2S/c1-4-25-18(24)23-10-8-22(9-11-23)15-6-5-7-21(13-15)14-16-12-19-17(26-16)20(2)3/h12,15H,4-11,13-14H2,1-3H3/t15-/m0/s1. The third-order valence-electron chi connectivity index (χ3n) is 5.14. The van der Waals surface area contributed by atoms with Crippen LogP contribution in [0.25, 0.3) is 0 Å². The number of carbonyl (C=O) groups is 1. The monoisotopic (exact) mass is 381 g/mol. The van der Waals surface area contributed by atoms with Gasteiger partial charge in [-0.15, -0.1) is 11.3 Å². The van der Waals surface area contributed by atoms with Gasteiger partial charge in [0.15, 0.2) is 5.13 Å². The SMILES string of the molecule is CCOC(=O)N1CCN([C@H]2CCCN(Cc3cnc(N(C)C)s3)C2)CC1. The first-order valence-corrected chi connectivity index (χ1v) is 10.4. The zero-order valence-corrected chi connectivity index (χ0v) is 17.0. The minimum Gasteiger partial charge on any atom is -0.450 e. The number of carbonyl (C=O) groups excluding carboxylic acids is 1. The largest absolute Gasteiger partial charge is 0.450 e. The van der Waals surface area contributed by atoms with Crippen molar-refractivity contribution < 1.29 is 9.53 Å². The molecule has 26 heavy (non-hydrogen) atoms. The van der Waals surface area contributed by atoms with Crippen LogP contribution in [0.3, 0.4) is 0 Å². The van der Waals surface area contributed by atoms with Crippen LogP contribution >= 0.6 is 11.3 Å². The van der Waals surface area contributed by atoms with Crippen LogP contribution in [0.2, 0.25) is 0 Å². The number of piperazine rings is 1. The highest BCUT2D eigenvalue weighted by Crippen LogP contribution is 2.24. The van der Waals surface area contributed by atoms with E-state index in [9.17, 15) is 4.79 Å². The molecule has 0 aromatic carbocycles. The summed E-state index contributed by atoms with van der Waals surface area (Å²) >= 11 is 1.78. The maximum Gasteiger partial charge on any atom is 0.409 e. The topological polar surface area (TPSA) is 52.2 Å². The maximum atomic E-state index is 11.9. The van der Waals surface area contributed by atoms with E-state index in [2.05, 4.69) is 19.7 Å². The van der Waals surface area contributed by atoms with Crippen molar-refractivity contribution in [3.63, 3.8) is 0 Å². The number of nitrogens with zero attached hydrogens (tertiary/aromatic N) is 5. The van der Waals surface area contributed by atoms with Crippen molar-refractivity contribution in [2.45, 2.75) is 32.4 Å². The van der Waals surface area contributed by atoms with Gasteiger partial charge in [-0.3, -0.25) is 9.80 Å². The van der Waals surface area contributed by atoms with Crippen LogP contribution in [0.5, 0.6) is 0 Å². The Morgan fingerprint density at radius 2 is 2.08 bits per heavy atom. The molecule has 0 aliphatic carbocycles. The molecule has 0 N–H and O–H groups in total. The molecule has 0 spiro atoms. The second kappa shape index (κ2) is 9.01. The van der Waals surface area contributed by atoms with Gasteiger partial charge in [-0.05, 0) is 26.3 Å². The van der Waals surface area contributed by atoms with Crippen molar-refractivity contribution in [3.8, 4) is 0 Å². The van der Waals surface area contributed by atoms with E-state index in [-0.39, 0.29) is 6.09 Å². The third kappa shape index (κ3) is 4.86. The Bertz CT molecular complexity index is 586. The molecule has 146 valence electrons. The highest BCUT2D eigenvalue weighted by Gasteiger charge is 2.29. The Kier molecular flexibility index (Phi) is 6.72. The van der Waals surface area contributed by atoms with Gasteiger partial charge in [0.1, 0.15) is 0 Å². The van der Waals surface area contributed by atoms with Gasteiger partial charge in [0, 0.05) is 70.5 Å². The molecule has 2 saturated heterocycles. The summed E-state index contributed by atoms with van der Waals surface area (Å²) < 4.78 is 5.12. The normalized spacial score (nSPS) is 22.4. The number of aromatic nitrogens is 1. The molecule has 1 aromatic rings. The fourth-order valence-electron chi connectivity index (χ4n) is 3.75. The van der Waals surface area contributed by atoms with Gasteiger partial charge in [-0.25, -0.2) is 9.78 Å². The van der Waals surface area contributed by atoms with Gasteiger partial charge in [0.25, 0.3) is 0 Å². The second-order valence-corrected chi connectivity index (χ2v) is 8.35. The van der Waals surface area contributed by atoms with E-state index in [0.29, 0.717) is 12.6 Å². The van der Waals surface area contributed by atoms with Crippen LogP contribution in [0.4, 0.5) is 9.93 Å². The molecule has 2 aliphatic rings. The quantitative estimate of drug-likeness (QED) is 0.777. The first-order chi connectivity index (χ1) is 12.6. The first kappa shape index (κ1) is 19.4. The zero-order chi connectivity index (χ0) is 18.5. The highest BCUT2D eigenvalue weighted by atomic mass is 32.1. The molecule has 2 fully saturated rings. The minimum atomic E-state index is -0.167. The van der Waals surface area contributed by atoms with E-state index in [4.69, 9.17) is 4.74 Å². The molecule has 3 heterocycles. The Labute approximate surface area is 160 Å². The summed E-state index contributed by atoms with van der Waals surface area (Å²) in [5.41, 5.74) is 0. The molecular weight excluding hydrogens is 350 g/mol. The molecule has 1 amide bonds. The number of rotatable bonds is 5. The van der Waals surface area contributed by atoms with Gasteiger partial charge in [0.2, 0.25) is 0 Å². The number of likely N-dealkylation sites (tertiary alicyclic amines) is 1. The van der Waals surface area contributed by atoms with Crippen LogP contribution in [0.1, 0.15) is 24.6 Å². The Balaban J connectivity index is 1.48. The molecule has 0 unspecified atom stereocenters. The van der Waals surface area contributed by atoms with Gasteiger partial charge in [-0.1, -0.05) is 0 Å². The minimum absolute atomic E-state index is 0.167. The lowest BCUT2D eigenvalue weighted by molar-refractivity contribution is 0.0414. The lowest BCUT2D eigenvalue weighted by Gasteiger charge is -2.43. The summed E-state index contributed by atoms with van der Waals surface area (Å²) in [6.07, 6.45) is 4.34. The molecular formula is C18H31N5O2S. The summed E-state index contributed by atoms with van der Waals surface area (Å²) in [5.74, 6) is 0. The predicted molar refractivity (Wildman–Crippen MR) is 105 cm³/mol. The summed E-state index contributed by atoms with van der Waals surface area (Å²) in [5, 5.41) is 1.07. The summed E-state index contributed by atoms with van der Waals surface area (Å²) in [4.78, 5) is 26.7. The van der Waals surface area contributed by atoms with Crippen LogP contribution in [0, 0.1) is 0 Å². The molecule has 7 nitrogen and oxygen atoms in total. The fraction of sp³-hybridized carbons (Fsp3) is 0.778. The number of ether oxygens (including phenoxy) is 1. The van der Waals surface area contributed by atoms with Crippen molar-refractivity contribution in [1.82, 2.24) is 19.7 Å². The zero-order valence-electron chi connectivity index (χ0n) is 16.2. The molecule has 8 heteroatoms. The fourth-order valence-corrected chi connectivity index (χ4v) is 4.63. The van der Waals surface area contributed by atoms with E-state index in [1.54, 1.807) is 11.3 Å². The number of anilines is 1. The summed E-state index contributed by atoms with van der Waals surface area (Å²) in [6.45, 7) is 9.01. The van der Waals surface area contributed by atoms with Crippen molar-refractivity contribution in [1.29, 1.82) is 0 Å².